The van der Waals surface area contributed by atoms with Crippen molar-refractivity contribution in [1.82, 2.24) is 24.5 Å². The van der Waals surface area contributed by atoms with Crippen LogP contribution >= 0.6 is 0 Å². The lowest BCUT2D eigenvalue weighted by Gasteiger charge is -2.05. The van der Waals surface area contributed by atoms with Crippen molar-refractivity contribution in [3.05, 3.63) is 70.8 Å². The molecule has 0 aliphatic rings. The first-order valence-electron chi connectivity index (χ1n) is 8.96. The molecule has 0 saturated carbocycles. The SMILES string of the molecule is COc1ccc(-c2cc3nn(CC(=O)NCc4ccco4)c(=O)n3c(C)n2)cc1. The highest BCUT2D eigenvalue weighted by Gasteiger charge is 2.15. The number of aryl methyl sites for hydroxylation is 1. The molecule has 1 N–H and O–H groups in total. The summed E-state index contributed by atoms with van der Waals surface area (Å²) < 4.78 is 12.9. The third-order valence-electron chi connectivity index (χ3n) is 4.46. The van der Waals surface area contributed by atoms with Crippen LogP contribution in [0.1, 0.15) is 11.6 Å². The molecule has 0 spiro atoms. The number of nitrogens with zero attached hydrogens (tertiary/aromatic N) is 4. The van der Waals surface area contributed by atoms with Gasteiger partial charge in [-0.05, 0) is 43.3 Å². The van der Waals surface area contributed by atoms with E-state index in [0.29, 0.717) is 22.9 Å². The van der Waals surface area contributed by atoms with Gasteiger partial charge in [-0.2, -0.15) is 0 Å². The fourth-order valence-corrected chi connectivity index (χ4v) is 3.00. The van der Waals surface area contributed by atoms with Crippen LogP contribution < -0.4 is 15.7 Å². The average Bonchev–Trinajstić information content (AvgIpc) is 3.35. The lowest BCUT2D eigenvalue weighted by molar-refractivity contribution is -0.122. The predicted octanol–water partition coefficient (Wildman–Crippen LogP) is 1.78. The number of benzene rings is 1. The highest BCUT2D eigenvalue weighted by molar-refractivity contribution is 5.75. The summed E-state index contributed by atoms with van der Waals surface area (Å²) in [6.07, 6.45) is 1.53. The van der Waals surface area contributed by atoms with Gasteiger partial charge in [-0.25, -0.2) is 18.9 Å². The maximum Gasteiger partial charge on any atom is 0.352 e. The Labute approximate surface area is 165 Å². The van der Waals surface area contributed by atoms with Crippen LogP contribution in [0.2, 0.25) is 0 Å². The van der Waals surface area contributed by atoms with Crippen LogP contribution in [0.3, 0.4) is 0 Å². The van der Waals surface area contributed by atoms with Crippen LogP contribution in [0, 0.1) is 6.92 Å². The summed E-state index contributed by atoms with van der Waals surface area (Å²) in [6.45, 7) is 1.78. The summed E-state index contributed by atoms with van der Waals surface area (Å²) >= 11 is 0. The number of hydrogen-bond donors (Lipinski definition) is 1. The average molecular weight is 393 g/mol. The molecule has 148 valence electrons. The summed E-state index contributed by atoms with van der Waals surface area (Å²) in [6, 6.07) is 12.7. The molecule has 9 heteroatoms. The highest BCUT2D eigenvalue weighted by atomic mass is 16.5. The van der Waals surface area contributed by atoms with Crippen LogP contribution in [0.4, 0.5) is 0 Å². The number of methoxy groups -OCH3 is 1. The van der Waals surface area contributed by atoms with E-state index in [4.69, 9.17) is 9.15 Å². The molecule has 4 rings (SSSR count). The Morgan fingerprint density at radius 3 is 2.72 bits per heavy atom. The van der Waals surface area contributed by atoms with Crippen molar-refractivity contribution in [3.63, 3.8) is 0 Å². The second-order valence-corrected chi connectivity index (χ2v) is 6.41. The van der Waals surface area contributed by atoms with Crippen molar-refractivity contribution >= 4 is 11.6 Å². The zero-order chi connectivity index (χ0) is 20.4. The zero-order valence-corrected chi connectivity index (χ0v) is 16.0. The van der Waals surface area contributed by atoms with Gasteiger partial charge in [0.2, 0.25) is 5.91 Å². The third kappa shape index (κ3) is 3.75. The number of ether oxygens (including phenoxy) is 1. The van der Waals surface area contributed by atoms with Gasteiger partial charge in [0.25, 0.3) is 0 Å². The topological polar surface area (TPSA) is 104 Å². The number of fused-ring (bicyclic) bond motifs is 1. The molecule has 0 saturated heterocycles. The lowest BCUT2D eigenvalue weighted by atomic mass is 10.1. The van der Waals surface area contributed by atoms with E-state index in [1.54, 1.807) is 32.2 Å². The van der Waals surface area contributed by atoms with E-state index in [1.807, 2.05) is 24.3 Å². The molecule has 0 atom stereocenters. The molecule has 1 amide bonds. The fourth-order valence-electron chi connectivity index (χ4n) is 3.00. The number of carbonyl (C=O) groups is 1. The van der Waals surface area contributed by atoms with Crippen molar-refractivity contribution in [2.45, 2.75) is 20.0 Å². The molecular weight excluding hydrogens is 374 g/mol. The van der Waals surface area contributed by atoms with Crippen LogP contribution in [-0.4, -0.2) is 32.2 Å². The molecular formula is C20H19N5O4. The molecule has 0 aliphatic carbocycles. The number of amides is 1. The summed E-state index contributed by atoms with van der Waals surface area (Å²) in [5, 5.41) is 6.99. The van der Waals surface area contributed by atoms with Crippen molar-refractivity contribution in [2.24, 2.45) is 0 Å². The molecule has 4 aromatic rings. The molecule has 0 aliphatic heterocycles. The van der Waals surface area contributed by atoms with Crippen LogP contribution in [0.5, 0.6) is 5.75 Å². The van der Waals surface area contributed by atoms with Gasteiger partial charge in [-0.1, -0.05) is 0 Å². The van der Waals surface area contributed by atoms with E-state index in [-0.39, 0.29) is 19.0 Å². The third-order valence-corrected chi connectivity index (χ3v) is 4.46. The van der Waals surface area contributed by atoms with Gasteiger partial charge in [0.15, 0.2) is 5.65 Å². The van der Waals surface area contributed by atoms with E-state index in [2.05, 4.69) is 15.4 Å². The van der Waals surface area contributed by atoms with E-state index in [9.17, 15) is 9.59 Å². The minimum absolute atomic E-state index is 0.196. The first-order chi connectivity index (χ1) is 14.0. The summed E-state index contributed by atoms with van der Waals surface area (Å²) in [7, 11) is 1.60. The maximum absolute atomic E-state index is 12.7. The largest absolute Gasteiger partial charge is 0.497 e. The van der Waals surface area contributed by atoms with Gasteiger partial charge in [0.1, 0.15) is 23.9 Å². The second-order valence-electron chi connectivity index (χ2n) is 6.41. The molecule has 0 unspecified atom stereocenters. The van der Waals surface area contributed by atoms with Gasteiger partial charge < -0.3 is 14.5 Å². The number of nitrogens with one attached hydrogen (secondary N) is 1. The summed E-state index contributed by atoms with van der Waals surface area (Å²) in [5.74, 6) is 1.52. The monoisotopic (exact) mass is 393 g/mol. The molecule has 29 heavy (non-hydrogen) atoms. The number of rotatable bonds is 6. The molecule has 0 radical (unpaired) electrons. The van der Waals surface area contributed by atoms with E-state index in [0.717, 1.165) is 16.0 Å². The minimum atomic E-state index is -0.417. The van der Waals surface area contributed by atoms with Crippen LogP contribution in [0.15, 0.2) is 57.9 Å². The Morgan fingerprint density at radius 2 is 2.03 bits per heavy atom. The second kappa shape index (κ2) is 7.63. The van der Waals surface area contributed by atoms with Crippen LogP contribution in [-0.2, 0) is 17.9 Å². The van der Waals surface area contributed by atoms with Crippen molar-refractivity contribution in [3.8, 4) is 17.0 Å². The molecule has 0 bridgehead atoms. The molecule has 9 nitrogen and oxygen atoms in total. The van der Waals surface area contributed by atoms with Crippen molar-refractivity contribution in [2.75, 3.05) is 7.11 Å². The van der Waals surface area contributed by atoms with E-state index < -0.39 is 5.69 Å². The number of aromatic nitrogens is 4. The number of furan rings is 1. The molecule has 3 heterocycles. The zero-order valence-electron chi connectivity index (χ0n) is 16.0. The van der Waals surface area contributed by atoms with Crippen molar-refractivity contribution in [1.29, 1.82) is 0 Å². The number of hydrogen-bond acceptors (Lipinski definition) is 6. The Morgan fingerprint density at radius 1 is 1.24 bits per heavy atom. The highest BCUT2D eigenvalue weighted by Crippen LogP contribution is 2.21. The smallest absolute Gasteiger partial charge is 0.352 e. The summed E-state index contributed by atoms with van der Waals surface area (Å²) in [5.41, 5.74) is 1.55. The Hall–Kier alpha value is -3.88. The maximum atomic E-state index is 12.7. The van der Waals surface area contributed by atoms with Gasteiger partial charge in [0.05, 0.1) is 25.6 Å². The van der Waals surface area contributed by atoms with Gasteiger partial charge in [-0.15, -0.1) is 5.10 Å². The van der Waals surface area contributed by atoms with Gasteiger partial charge in [0, 0.05) is 11.6 Å². The van der Waals surface area contributed by atoms with Crippen LogP contribution in [0.25, 0.3) is 16.9 Å². The van der Waals surface area contributed by atoms with E-state index >= 15 is 0 Å². The Kier molecular flexibility index (Phi) is 4.86. The Balaban J connectivity index is 1.59. The Bertz CT molecular complexity index is 1210. The minimum Gasteiger partial charge on any atom is -0.497 e. The molecule has 0 fully saturated rings. The number of carbonyl (C=O) groups excluding carboxylic acids is 1. The van der Waals surface area contributed by atoms with E-state index in [1.165, 1.54) is 10.7 Å². The van der Waals surface area contributed by atoms with Gasteiger partial charge >= 0.3 is 5.69 Å². The fraction of sp³-hybridized carbons (Fsp3) is 0.200. The molecule has 1 aromatic carbocycles. The standard InChI is InChI=1S/C20H19N5O4/c1-13-22-17(14-5-7-15(28-2)8-6-14)10-18-23-24(20(27)25(13)18)12-19(26)21-11-16-4-3-9-29-16/h3-10H,11-12H2,1-2H3,(H,21,26). The summed E-state index contributed by atoms with van der Waals surface area (Å²) in [4.78, 5) is 29.3. The first-order valence-corrected chi connectivity index (χ1v) is 8.96. The lowest BCUT2D eigenvalue weighted by Crippen LogP contribution is -2.32. The normalized spacial score (nSPS) is 11.0. The first kappa shape index (κ1) is 18.5. The van der Waals surface area contributed by atoms with Gasteiger partial charge in [-0.3, -0.25) is 4.79 Å². The predicted molar refractivity (Wildman–Crippen MR) is 105 cm³/mol. The molecule has 3 aromatic heterocycles. The van der Waals surface area contributed by atoms with Crippen molar-refractivity contribution < 1.29 is 13.9 Å². The quantitative estimate of drug-likeness (QED) is 0.536.